The smallest absolute Gasteiger partial charge is 0.260 e. The van der Waals surface area contributed by atoms with E-state index in [2.05, 4.69) is 15.5 Å². The molecule has 2 aromatic heterocycles. The summed E-state index contributed by atoms with van der Waals surface area (Å²) in [5.74, 6) is 0.514. The number of hydrogen-bond donors (Lipinski definition) is 2. The largest absolute Gasteiger partial charge is 0.352 e. The Morgan fingerprint density at radius 3 is 2.50 bits per heavy atom. The number of carbonyl (C=O) groups excluding carboxylic acids is 1. The molecule has 8 nitrogen and oxygen atoms in total. The summed E-state index contributed by atoms with van der Waals surface area (Å²) in [5, 5.41) is 6.86. The Kier molecular flexibility index (Phi) is 7.53. The van der Waals surface area contributed by atoms with Crippen LogP contribution >= 0.6 is 12.4 Å². The van der Waals surface area contributed by atoms with Gasteiger partial charge in [-0.05, 0) is 38.8 Å². The second-order valence-corrected chi connectivity index (χ2v) is 7.26. The quantitative estimate of drug-likeness (QED) is 0.619. The first-order chi connectivity index (χ1) is 13.8. The van der Waals surface area contributed by atoms with Crippen LogP contribution in [0.5, 0.6) is 0 Å². The number of aromatic nitrogens is 3. The van der Waals surface area contributed by atoms with Crippen LogP contribution in [0.25, 0.3) is 22.8 Å². The molecule has 1 aromatic carbocycles. The average molecular weight is 432 g/mol. The molecule has 3 rings (SSSR count). The monoisotopic (exact) mass is 431 g/mol. The fraction of sp³-hybridized carbons (Fsp3) is 0.333. The maximum Gasteiger partial charge on any atom is 0.260 e. The first kappa shape index (κ1) is 23.3. The van der Waals surface area contributed by atoms with Gasteiger partial charge in [-0.25, -0.2) is 0 Å². The van der Waals surface area contributed by atoms with E-state index in [1.165, 1.54) is 10.6 Å². The SMILES string of the molecule is Cc1cc(=O)n(CC(=O)NC(C)C)c(C)c1-c1nc(-c2ccc(CN)cc2)no1.Cl. The topological polar surface area (TPSA) is 116 Å². The Morgan fingerprint density at radius 1 is 1.23 bits per heavy atom. The first-order valence-corrected chi connectivity index (χ1v) is 9.44. The van der Waals surface area contributed by atoms with Gasteiger partial charge in [-0.2, -0.15) is 4.98 Å². The average Bonchev–Trinajstić information content (AvgIpc) is 3.14. The molecule has 3 N–H and O–H groups in total. The van der Waals surface area contributed by atoms with Crippen molar-refractivity contribution >= 4 is 18.3 Å². The summed E-state index contributed by atoms with van der Waals surface area (Å²) in [7, 11) is 0. The highest BCUT2D eigenvalue weighted by molar-refractivity contribution is 5.85. The molecule has 1 amide bonds. The molecule has 0 radical (unpaired) electrons. The summed E-state index contributed by atoms with van der Waals surface area (Å²) in [6, 6.07) is 9.06. The molecule has 2 heterocycles. The van der Waals surface area contributed by atoms with Crippen molar-refractivity contribution in [3.8, 4) is 22.8 Å². The van der Waals surface area contributed by atoms with E-state index in [-0.39, 0.29) is 36.5 Å². The van der Waals surface area contributed by atoms with E-state index in [4.69, 9.17) is 10.3 Å². The van der Waals surface area contributed by atoms with Crippen LogP contribution in [0.2, 0.25) is 0 Å². The maximum atomic E-state index is 12.5. The summed E-state index contributed by atoms with van der Waals surface area (Å²) >= 11 is 0. The van der Waals surface area contributed by atoms with E-state index in [9.17, 15) is 9.59 Å². The van der Waals surface area contributed by atoms with Crippen molar-refractivity contribution in [3.05, 3.63) is 57.5 Å². The van der Waals surface area contributed by atoms with Crippen molar-refractivity contribution in [2.75, 3.05) is 0 Å². The first-order valence-electron chi connectivity index (χ1n) is 9.44. The number of rotatable bonds is 6. The van der Waals surface area contributed by atoms with E-state index in [0.29, 0.717) is 35.1 Å². The Balaban J connectivity index is 0.00000320. The minimum Gasteiger partial charge on any atom is -0.352 e. The van der Waals surface area contributed by atoms with Gasteiger partial charge >= 0.3 is 0 Å². The van der Waals surface area contributed by atoms with Gasteiger partial charge in [0.05, 0.1) is 5.56 Å². The minimum absolute atomic E-state index is 0. The molecule has 0 atom stereocenters. The third kappa shape index (κ3) is 4.95. The van der Waals surface area contributed by atoms with Gasteiger partial charge in [0.15, 0.2) is 0 Å². The van der Waals surface area contributed by atoms with Crippen molar-refractivity contribution in [1.82, 2.24) is 20.0 Å². The number of nitrogens with two attached hydrogens (primary N) is 1. The van der Waals surface area contributed by atoms with Gasteiger partial charge in [-0.15, -0.1) is 12.4 Å². The molecule has 0 saturated carbocycles. The van der Waals surface area contributed by atoms with Gasteiger partial charge in [0.2, 0.25) is 11.7 Å². The number of pyridine rings is 1. The number of aryl methyl sites for hydroxylation is 1. The maximum absolute atomic E-state index is 12.5. The van der Waals surface area contributed by atoms with Crippen molar-refractivity contribution in [2.24, 2.45) is 5.73 Å². The molecule has 3 aromatic rings. The fourth-order valence-electron chi connectivity index (χ4n) is 3.18. The molecular weight excluding hydrogens is 406 g/mol. The van der Waals surface area contributed by atoms with Gasteiger partial charge in [-0.3, -0.25) is 9.59 Å². The van der Waals surface area contributed by atoms with E-state index < -0.39 is 0 Å². The van der Waals surface area contributed by atoms with Crippen LogP contribution in [0.1, 0.15) is 30.7 Å². The summed E-state index contributed by atoms with van der Waals surface area (Å²) < 4.78 is 6.90. The van der Waals surface area contributed by atoms with Gasteiger partial charge in [-0.1, -0.05) is 29.4 Å². The molecule has 0 unspecified atom stereocenters. The molecule has 160 valence electrons. The Morgan fingerprint density at radius 2 is 1.90 bits per heavy atom. The van der Waals surface area contributed by atoms with Gasteiger partial charge in [0.1, 0.15) is 6.54 Å². The van der Waals surface area contributed by atoms with Crippen LogP contribution in [0.3, 0.4) is 0 Å². The van der Waals surface area contributed by atoms with E-state index >= 15 is 0 Å². The Hall–Kier alpha value is -2.97. The third-order valence-electron chi connectivity index (χ3n) is 4.61. The number of benzene rings is 1. The third-order valence-corrected chi connectivity index (χ3v) is 4.61. The minimum atomic E-state index is -0.250. The number of hydrogen-bond acceptors (Lipinski definition) is 6. The van der Waals surface area contributed by atoms with Crippen LogP contribution in [0.4, 0.5) is 0 Å². The van der Waals surface area contributed by atoms with Crippen LogP contribution < -0.4 is 16.6 Å². The zero-order valence-corrected chi connectivity index (χ0v) is 18.2. The second kappa shape index (κ2) is 9.69. The number of carbonyl (C=O) groups is 1. The van der Waals surface area contributed by atoms with Crippen LogP contribution in [-0.4, -0.2) is 26.7 Å². The van der Waals surface area contributed by atoms with Crippen LogP contribution in [0.15, 0.2) is 39.6 Å². The van der Waals surface area contributed by atoms with Crippen molar-refractivity contribution in [1.29, 1.82) is 0 Å². The predicted molar refractivity (Wildman–Crippen MR) is 117 cm³/mol. The normalized spacial score (nSPS) is 10.7. The lowest BCUT2D eigenvalue weighted by molar-refractivity contribution is -0.122. The Bertz CT molecular complexity index is 1090. The summed E-state index contributed by atoms with van der Waals surface area (Å²) in [4.78, 5) is 29.1. The van der Waals surface area contributed by atoms with Crippen LogP contribution in [0, 0.1) is 13.8 Å². The molecule has 0 fully saturated rings. The van der Waals surface area contributed by atoms with Crippen LogP contribution in [-0.2, 0) is 17.9 Å². The molecule has 0 bridgehead atoms. The summed E-state index contributed by atoms with van der Waals surface area (Å²) in [6.45, 7) is 7.70. The summed E-state index contributed by atoms with van der Waals surface area (Å²) in [6.07, 6.45) is 0. The number of halogens is 1. The molecule has 0 aliphatic carbocycles. The molecule has 0 saturated heterocycles. The van der Waals surface area contributed by atoms with Crippen molar-refractivity contribution < 1.29 is 9.32 Å². The van der Waals surface area contributed by atoms with E-state index in [0.717, 1.165) is 11.1 Å². The van der Waals surface area contributed by atoms with E-state index in [1.54, 1.807) is 6.92 Å². The molecule has 0 aliphatic rings. The molecule has 0 aliphatic heterocycles. The zero-order chi connectivity index (χ0) is 21.1. The number of nitrogens with zero attached hydrogens (tertiary/aromatic N) is 3. The Labute approximate surface area is 180 Å². The standard InChI is InChI=1S/C21H25N5O3.ClH/c1-12(2)23-17(27)11-26-14(4)19(13(3)9-18(26)28)21-24-20(25-29-21)16-7-5-15(10-22)6-8-16;/h5-9,12H,10-11,22H2,1-4H3,(H,23,27);1H. The highest BCUT2D eigenvalue weighted by Gasteiger charge is 2.19. The van der Waals surface area contributed by atoms with Gasteiger partial charge in [0.25, 0.3) is 11.4 Å². The highest BCUT2D eigenvalue weighted by atomic mass is 35.5. The lowest BCUT2D eigenvalue weighted by Gasteiger charge is -2.15. The molecular formula is C21H26ClN5O3. The number of amides is 1. The molecule has 9 heteroatoms. The predicted octanol–water partition coefficient (Wildman–Crippen LogP) is 2.59. The van der Waals surface area contributed by atoms with Crippen molar-refractivity contribution in [3.63, 3.8) is 0 Å². The number of nitrogens with one attached hydrogen (secondary N) is 1. The fourth-order valence-corrected chi connectivity index (χ4v) is 3.18. The lowest BCUT2D eigenvalue weighted by Crippen LogP contribution is -2.36. The zero-order valence-electron chi connectivity index (χ0n) is 17.4. The molecule has 30 heavy (non-hydrogen) atoms. The van der Waals surface area contributed by atoms with Crippen molar-refractivity contribution in [2.45, 2.75) is 46.8 Å². The molecule has 0 spiro atoms. The highest BCUT2D eigenvalue weighted by Crippen LogP contribution is 2.27. The van der Waals surface area contributed by atoms with Gasteiger partial charge < -0.3 is 20.1 Å². The van der Waals surface area contributed by atoms with E-state index in [1.807, 2.05) is 45.0 Å². The summed E-state index contributed by atoms with van der Waals surface area (Å²) in [5.41, 5.74) is 9.16. The van der Waals surface area contributed by atoms with Gasteiger partial charge in [0, 0.05) is 29.9 Å². The lowest BCUT2D eigenvalue weighted by atomic mass is 10.1. The second-order valence-electron chi connectivity index (χ2n) is 7.26.